The molecule has 1 heterocycles. The third-order valence-electron chi connectivity index (χ3n) is 4.31. The molecule has 142 valence electrons. The van der Waals surface area contributed by atoms with E-state index in [-0.39, 0.29) is 12.3 Å². The Morgan fingerprint density at radius 3 is 2.68 bits per heavy atom. The van der Waals surface area contributed by atoms with Gasteiger partial charge in [-0.1, -0.05) is 18.1 Å². The van der Waals surface area contributed by atoms with E-state index in [9.17, 15) is 13.9 Å². The zero-order valence-corrected chi connectivity index (χ0v) is 15.6. The first-order chi connectivity index (χ1) is 13.3. The summed E-state index contributed by atoms with van der Waals surface area (Å²) in [5, 5.41) is 22.6. The third-order valence-corrected chi connectivity index (χ3v) is 4.31. The van der Waals surface area contributed by atoms with Gasteiger partial charge in [0.2, 0.25) is 0 Å². The van der Waals surface area contributed by atoms with E-state index in [0.29, 0.717) is 16.9 Å². The standard InChI is InChI=1S/C22H19F2N3O/c1-15-5-3-7-20-18(15)12-17(27(20)14-22(2,23)24)6-4-10-26-19-9-8-16(13-25)11-21(19)28/h3,5,7-9,11-12,26,28H,10,14H2,1-2H3. The van der Waals surface area contributed by atoms with Crippen LogP contribution in [-0.4, -0.2) is 22.1 Å². The van der Waals surface area contributed by atoms with Crippen molar-refractivity contribution < 1.29 is 13.9 Å². The predicted octanol–water partition coefficient (Wildman–Crippen LogP) is 4.65. The van der Waals surface area contributed by atoms with Gasteiger partial charge in [0, 0.05) is 17.8 Å². The molecular weight excluding hydrogens is 360 g/mol. The average Bonchev–Trinajstić information content (AvgIpc) is 2.97. The maximum Gasteiger partial charge on any atom is 0.262 e. The van der Waals surface area contributed by atoms with Crippen molar-refractivity contribution in [3.05, 3.63) is 59.3 Å². The van der Waals surface area contributed by atoms with Gasteiger partial charge in [-0.25, -0.2) is 8.78 Å². The van der Waals surface area contributed by atoms with Gasteiger partial charge in [0.05, 0.1) is 36.1 Å². The minimum absolute atomic E-state index is 0.0452. The zero-order chi connectivity index (χ0) is 20.3. The Labute approximate surface area is 162 Å². The molecule has 0 radical (unpaired) electrons. The van der Waals surface area contributed by atoms with Gasteiger partial charge in [0.1, 0.15) is 5.75 Å². The summed E-state index contributed by atoms with van der Waals surface area (Å²) in [6.07, 6.45) is 0. The van der Waals surface area contributed by atoms with Crippen LogP contribution in [0.25, 0.3) is 10.9 Å². The second-order valence-electron chi connectivity index (χ2n) is 6.69. The van der Waals surface area contributed by atoms with Crippen molar-refractivity contribution >= 4 is 16.6 Å². The molecule has 0 bridgehead atoms. The monoisotopic (exact) mass is 379 g/mol. The Morgan fingerprint density at radius 2 is 2.00 bits per heavy atom. The molecule has 0 aliphatic heterocycles. The number of nitrogens with one attached hydrogen (secondary N) is 1. The van der Waals surface area contributed by atoms with Gasteiger partial charge in [-0.3, -0.25) is 0 Å². The molecule has 0 spiro atoms. The third kappa shape index (κ3) is 4.24. The smallest absolute Gasteiger partial charge is 0.262 e. The van der Waals surface area contributed by atoms with Crippen molar-refractivity contribution in [1.82, 2.24) is 4.57 Å². The molecule has 0 unspecified atom stereocenters. The van der Waals surface area contributed by atoms with Gasteiger partial charge in [-0.2, -0.15) is 5.26 Å². The number of rotatable bonds is 4. The molecule has 28 heavy (non-hydrogen) atoms. The average molecular weight is 379 g/mol. The number of anilines is 1. The summed E-state index contributed by atoms with van der Waals surface area (Å²) in [6, 6.07) is 13.9. The van der Waals surface area contributed by atoms with E-state index in [2.05, 4.69) is 17.2 Å². The fourth-order valence-corrected chi connectivity index (χ4v) is 3.01. The minimum Gasteiger partial charge on any atom is -0.506 e. The summed E-state index contributed by atoms with van der Waals surface area (Å²) in [5.41, 5.74) is 3.04. The van der Waals surface area contributed by atoms with Crippen molar-refractivity contribution in [2.24, 2.45) is 0 Å². The molecular formula is C22H19F2N3O. The van der Waals surface area contributed by atoms with Crippen molar-refractivity contribution in [3.63, 3.8) is 0 Å². The fraction of sp³-hybridized carbons (Fsp3) is 0.227. The number of halogens is 2. The van der Waals surface area contributed by atoms with Gasteiger partial charge >= 0.3 is 0 Å². The normalized spacial score (nSPS) is 11.0. The van der Waals surface area contributed by atoms with Crippen LogP contribution >= 0.6 is 0 Å². The molecule has 0 aliphatic rings. The number of hydrogen-bond donors (Lipinski definition) is 2. The van der Waals surface area contributed by atoms with Gasteiger partial charge in [0.15, 0.2) is 0 Å². The number of phenolic OH excluding ortho intramolecular Hbond substituents is 1. The summed E-state index contributed by atoms with van der Waals surface area (Å²) in [6.45, 7) is 2.58. The Bertz CT molecular complexity index is 1120. The number of nitriles is 1. The second kappa shape index (κ2) is 7.62. The first-order valence-electron chi connectivity index (χ1n) is 8.71. The number of aromatic hydroxyl groups is 1. The number of phenols is 1. The highest BCUT2D eigenvalue weighted by Crippen LogP contribution is 2.26. The molecule has 3 aromatic rings. The van der Waals surface area contributed by atoms with Gasteiger partial charge in [-0.05, 0) is 48.7 Å². The van der Waals surface area contributed by atoms with E-state index in [4.69, 9.17) is 5.26 Å². The maximum atomic E-state index is 13.7. The summed E-state index contributed by atoms with van der Waals surface area (Å²) in [7, 11) is 0. The van der Waals surface area contributed by atoms with E-state index in [1.54, 1.807) is 12.1 Å². The lowest BCUT2D eigenvalue weighted by Crippen LogP contribution is -2.20. The molecule has 2 N–H and O–H groups in total. The van der Waals surface area contributed by atoms with Gasteiger partial charge in [-0.15, -0.1) is 0 Å². The highest BCUT2D eigenvalue weighted by Gasteiger charge is 2.24. The van der Waals surface area contributed by atoms with Crippen LogP contribution in [0.5, 0.6) is 5.75 Å². The Morgan fingerprint density at radius 1 is 1.21 bits per heavy atom. The molecule has 0 atom stereocenters. The SMILES string of the molecule is Cc1cccc2c1cc(C#CCNc1ccc(C#N)cc1O)n2CC(C)(F)F. The lowest BCUT2D eigenvalue weighted by Gasteiger charge is -2.14. The van der Waals surface area contributed by atoms with Crippen LogP contribution in [0.15, 0.2) is 42.5 Å². The zero-order valence-electron chi connectivity index (χ0n) is 15.6. The molecule has 0 aliphatic carbocycles. The lowest BCUT2D eigenvalue weighted by molar-refractivity contribution is 0.00490. The molecule has 4 nitrogen and oxygen atoms in total. The molecule has 2 aromatic carbocycles. The highest BCUT2D eigenvalue weighted by atomic mass is 19.3. The summed E-state index contributed by atoms with van der Waals surface area (Å²) in [4.78, 5) is 0. The largest absolute Gasteiger partial charge is 0.506 e. The molecule has 0 saturated heterocycles. The predicted molar refractivity (Wildman–Crippen MR) is 105 cm³/mol. The Hall–Kier alpha value is -3.51. The van der Waals surface area contributed by atoms with E-state index >= 15 is 0 Å². The van der Waals surface area contributed by atoms with Crippen molar-refractivity contribution in [1.29, 1.82) is 5.26 Å². The van der Waals surface area contributed by atoms with E-state index in [1.165, 1.54) is 10.6 Å². The quantitative estimate of drug-likeness (QED) is 0.513. The summed E-state index contributed by atoms with van der Waals surface area (Å²) >= 11 is 0. The highest BCUT2D eigenvalue weighted by molar-refractivity contribution is 5.85. The van der Waals surface area contributed by atoms with Crippen LogP contribution in [0.2, 0.25) is 0 Å². The first-order valence-corrected chi connectivity index (χ1v) is 8.71. The molecule has 1 aromatic heterocycles. The number of benzene rings is 2. The van der Waals surface area contributed by atoms with E-state index in [1.807, 2.05) is 37.3 Å². The van der Waals surface area contributed by atoms with Crippen molar-refractivity contribution in [2.75, 3.05) is 11.9 Å². The molecule has 0 amide bonds. The summed E-state index contributed by atoms with van der Waals surface area (Å²) in [5.74, 6) is 2.95. The fourth-order valence-electron chi connectivity index (χ4n) is 3.01. The Kier molecular flexibility index (Phi) is 5.24. The topological polar surface area (TPSA) is 61.0 Å². The first kappa shape index (κ1) is 19.3. The van der Waals surface area contributed by atoms with Crippen LogP contribution in [0.1, 0.15) is 23.7 Å². The lowest BCUT2D eigenvalue weighted by atomic mass is 10.1. The molecule has 0 saturated carbocycles. The summed E-state index contributed by atoms with van der Waals surface area (Å²) < 4.78 is 28.9. The number of aromatic nitrogens is 1. The van der Waals surface area contributed by atoms with Gasteiger partial charge < -0.3 is 15.0 Å². The van der Waals surface area contributed by atoms with Crippen LogP contribution in [0.3, 0.4) is 0 Å². The number of hydrogen-bond acceptors (Lipinski definition) is 3. The Balaban J connectivity index is 1.86. The minimum atomic E-state index is -2.86. The second-order valence-corrected chi connectivity index (χ2v) is 6.69. The van der Waals surface area contributed by atoms with Crippen molar-refractivity contribution in [3.8, 4) is 23.7 Å². The van der Waals surface area contributed by atoms with Crippen LogP contribution < -0.4 is 5.32 Å². The van der Waals surface area contributed by atoms with Crippen LogP contribution in [-0.2, 0) is 6.54 Å². The van der Waals surface area contributed by atoms with Crippen LogP contribution in [0.4, 0.5) is 14.5 Å². The molecule has 0 fully saturated rings. The number of aryl methyl sites for hydroxylation is 1. The van der Waals surface area contributed by atoms with Gasteiger partial charge in [0.25, 0.3) is 5.92 Å². The number of alkyl halides is 2. The molecule has 6 heteroatoms. The van der Waals surface area contributed by atoms with Crippen LogP contribution in [0, 0.1) is 30.1 Å². The maximum absolute atomic E-state index is 13.7. The van der Waals surface area contributed by atoms with E-state index in [0.717, 1.165) is 23.4 Å². The van der Waals surface area contributed by atoms with E-state index < -0.39 is 12.5 Å². The molecule has 3 rings (SSSR count). The number of nitrogens with zero attached hydrogens (tertiary/aromatic N) is 2. The van der Waals surface area contributed by atoms with Crippen molar-refractivity contribution in [2.45, 2.75) is 26.3 Å². The number of fused-ring (bicyclic) bond motifs is 1.